The highest BCUT2D eigenvalue weighted by Gasteiger charge is 2.30. The highest BCUT2D eigenvalue weighted by atomic mass is 19.4. The van der Waals surface area contributed by atoms with Crippen LogP contribution >= 0.6 is 0 Å². The van der Waals surface area contributed by atoms with Crippen LogP contribution in [0.2, 0.25) is 0 Å². The van der Waals surface area contributed by atoms with Gasteiger partial charge in [-0.2, -0.15) is 13.2 Å². The molecule has 1 heterocycles. The first kappa shape index (κ1) is 20.8. The number of Topliss-reactive ketones (excluding diaryl/α,β-unsaturated/α-hetero) is 1. The van der Waals surface area contributed by atoms with Gasteiger partial charge in [-0.3, -0.25) is 14.4 Å². The number of pyridine rings is 1. The summed E-state index contributed by atoms with van der Waals surface area (Å²) >= 11 is 0. The molecule has 6 nitrogen and oxygen atoms in total. The minimum absolute atomic E-state index is 0.0274. The normalized spacial score (nSPS) is 11.7. The number of aromatic nitrogens is 1. The largest absolute Gasteiger partial charge is 0.417 e. The van der Waals surface area contributed by atoms with Crippen LogP contribution in [0, 0.1) is 0 Å². The monoisotopic (exact) mass is 391 g/mol. The Hall–Kier alpha value is -3.49. The fourth-order valence-corrected chi connectivity index (χ4v) is 2.08. The van der Waals surface area contributed by atoms with Crippen molar-refractivity contribution in [2.24, 2.45) is 0 Å². The Morgan fingerprint density at radius 3 is 2.11 bits per heavy atom. The van der Waals surface area contributed by atoms with Crippen molar-refractivity contribution in [3.05, 3.63) is 65.4 Å². The molecule has 2 aromatic rings. The molecule has 0 aliphatic heterocycles. The van der Waals surface area contributed by atoms with Crippen molar-refractivity contribution < 1.29 is 27.6 Å². The lowest BCUT2D eigenvalue weighted by Gasteiger charge is -2.08. The van der Waals surface area contributed by atoms with Crippen molar-refractivity contribution >= 4 is 29.1 Å². The fourth-order valence-electron chi connectivity index (χ4n) is 2.08. The average Bonchev–Trinajstić information content (AvgIpc) is 2.61. The number of hydrogen-bond acceptors (Lipinski definition) is 4. The van der Waals surface area contributed by atoms with Crippen molar-refractivity contribution in [3.8, 4) is 0 Å². The van der Waals surface area contributed by atoms with E-state index in [1.807, 2.05) is 0 Å². The van der Waals surface area contributed by atoms with E-state index in [0.717, 1.165) is 18.2 Å². The van der Waals surface area contributed by atoms with Crippen LogP contribution in [-0.2, 0) is 15.8 Å². The molecule has 0 spiro atoms. The summed E-state index contributed by atoms with van der Waals surface area (Å²) < 4.78 is 37.5. The van der Waals surface area contributed by atoms with Gasteiger partial charge in [0.1, 0.15) is 5.82 Å². The number of nitrogens with one attached hydrogen (secondary N) is 2. The molecule has 0 atom stereocenters. The van der Waals surface area contributed by atoms with Crippen molar-refractivity contribution in [1.29, 1.82) is 0 Å². The van der Waals surface area contributed by atoms with E-state index in [4.69, 9.17) is 0 Å². The van der Waals surface area contributed by atoms with Crippen LogP contribution in [0.25, 0.3) is 0 Å². The van der Waals surface area contributed by atoms with Gasteiger partial charge in [-0.1, -0.05) is 0 Å². The Balaban J connectivity index is 1.98. The van der Waals surface area contributed by atoms with Crippen molar-refractivity contribution in [3.63, 3.8) is 0 Å². The van der Waals surface area contributed by atoms with Gasteiger partial charge in [0.15, 0.2) is 5.78 Å². The Labute approximate surface area is 158 Å². The van der Waals surface area contributed by atoms with Gasteiger partial charge >= 0.3 is 6.18 Å². The first-order chi connectivity index (χ1) is 13.1. The highest BCUT2D eigenvalue weighted by Crippen LogP contribution is 2.28. The van der Waals surface area contributed by atoms with Gasteiger partial charge in [-0.25, -0.2) is 4.98 Å². The Bertz CT molecular complexity index is 918. The molecule has 0 unspecified atom stereocenters. The molecule has 0 aliphatic rings. The van der Waals surface area contributed by atoms with E-state index in [0.29, 0.717) is 17.4 Å². The first-order valence-corrected chi connectivity index (χ1v) is 8.01. The summed E-state index contributed by atoms with van der Waals surface area (Å²) in [5, 5.41) is 4.84. The Morgan fingerprint density at radius 2 is 1.61 bits per heavy atom. The third kappa shape index (κ3) is 5.76. The number of nitrogens with zero attached hydrogens (tertiary/aromatic N) is 1. The van der Waals surface area contributed by atoms with E-state index in [9.17, 15) is 27.6 Å². The SMILES string of the molecule is CC(=O)c1ccc(NC(=O)/C=C(\C)C(=O)Nc2ccc(C(F)(F)F)cn2)cc1. The summed E-state index contributed by atoms with van der Waals surface area (Å²) in [6.07, 6.45) is -2.88. The predicted octanol–water partition coefficient (Wildman–Crippen LogP) is 3.83. The van der Waals surface area contributed by atoms with Gasteiger partial charge in [-0.05, 0) is 50.2 Å². The number of ketones is 1. The van der Waals surface area contributed by atoms with E-state index < -0.39 is 23.6 Å². The number of anilines is 2. The molecule has 0 aliphatic carbocycles. The van der Waals surface area contributed by atoms with E-state index >= 15 is 0 Å². The number of carbonyl (C=O) groups is 3. The fraction of sp³-hybridized carbons (Fsp3) is 0.158. The van der Waals surface area contributed by atoms with Gasteiger partial charge in [0.2, 0.25) is 5.91 Å². The quantitative estimate of drug-likeness (QED) is 0.599. The lowest BCUT2D eigenvalue weighted by atomic mass is 10.1. The number of alkyl halides is 3. The van der Waals surface area contributed by atoms with Gasteiger partial charge in [0.05, 0.1) is 5.56 Å². The van der Waals surface area contributed by atoms with Crippen LogP contribution in [0.1, 0.15) is 29.8 Å². The van der Waals surface area contributed by atoms with E-state index in [2.05, 4.69) is 15.6 Å². The van der Waals surface area contributed by atoms with Crippen molar-refractivity contribution in [2.75, 3.05) is 10.6 Å². The second-order valence-corrected chi connectivity index (χ2v) is 5.83. The third-order valence-corrected chi connectivity index (χ3v) is 3.60. The van der Waals surface area contributed by atoms with Gasteiger partial charge < -0.3 is 10.6 Å². The topological polar surface area (TPSA) is 88.2 Å². The maximum absolute atomic E-state index is 12.5. The summed E-state index contributed by atoms with van der Waals surface area (Å²) in [4.78, 5) is 38.8. The molecule has 2 N–H and O–H groups in total. The molecule has 2 amide bonds. The summed E-state index contributed by atoms with van der Waals surface area (Å²) in [6, 6.07) is 8.01. The van der Waals surface area contributed by atoms with Crippen LogP contribution in [0.5, 0.6) is 0 Å². The first-order valence-electron chi connectivity index (χ1n) is 8.01. The van der Waals surface area contributed by atoms with E-state index in [1.54, 1.807) is 24.3 Å². The molecule has 1 aromatic heterocycles. The molecular weight excluding hydrogens is 375 g/mol. The van der Waals surface area contributed by atoms with Crippen LogP contribution in [-0.4, -0.2) is 22.6 Å². The average molecular weight is 391 g/mol. The third-order valence-electron chi connectivity index (χ3n) is 3.60. The lowest BCUT2D eigenvalue weighted by Crippen LogP contribution is -2.17. The highest BCUT2D eigenvalue weighted by molar-refractivity contribution is 6.09. The number of halogens is 3. The van der Waals surface area contributed by atoms with Crippen LogP contribution in [0.15, 0.2) is 54.2 Å². The molecule has 1 aromatic carbocycles. The smallest absolute Gasteiger partial charge is 0.323 e. The van der Waals surface area contributed by atoms with Crippen molar-refractivity contribution in [2.45, 2.75) is 20.0 Å². The summed E-state index contributed by atoms with van der Waals surface area (Å²) in [7, 11) is 0. The maximum atomic E-state index is 12.5. The number of rotatable bonds is 5. The van der Waals surface area contributed by atoms with Gasteiger partial charge in [0.25, 0.3) is 5.91 Å². The second kappa shape index (κ2) is 8.47. The zero-order chi connectivity index (χ0) is 20.9. The summed E-state index contributed by atoms with van der Waals surface area (Å²) in [6.45, 7) is 2.79. The summed E-state index contributed by atoms with van der Waals surface area (Å²) in [5.41, 5.74) is 0.0180. The van der Waals surface area contributed by atoms with Gasteiger partial charge in [0, 0.05) is 29.1 Å². The lowest BCUT2D eigenvalue weighted by molar-refractivity contribution is -0.137. The molecule has 0 saturated heterocycles. The number of hydrogen-bond donors (Lipinski definition) is 2. The number of amides is 2. The minimum atomic E-state index is -4.52. The maximum Gasteiger partial charge on any atom is 0.417 e. The molecule has 0 bridgehead atoms. The summed E-state index contributed by atoms with van der Waals surface area (Å²) in [5.74, 6) is -1.45. The van der Waals surface area contributed by atoms with Crippen LogP contribution in [0.4, 0.5) is 24.7 Å². The molecule has 0 fully saturated rings. The zero-order valence-corrected chi connectivity index (χ0v) is 14.9. The Kier molecular flexibility index (Phi) is 6.29. The molecule has 146 valence electrons. The minimum Gasteiger partial charge on any atom is -0.323 e. The van der Waals surface area contributed by atoms with Crippen LogP contribution in [0.3, 0.4) is 0 Å². The van der Waals surface area contributed by atoms with Crippen molar-refractivity contribution in [1.82, 2.24) is 4.98 Å². The van der Waals surface area contributed by atoms with Crippen LogP contribution < -0.4 is 10.6 Å². The molecular formula is C19H16F3N3O3. The predicted molar refractivity (Wildman–Crippen MR) is 96.7 cm³/mol. The zero-order valence-electron chi connectivity index (χ0n) is 14.9. The Morgan fingerprint density at radius 1 is 0.964 bits per heavy atom. The molecule has 2 rings (SSSR count). The molecule has 0 saturated carbocycles. The van der Waals surface area contributed by atoms with E-state index in [1.165, 1.54) is 13.8 Å². The number of carbonyl (C=O) groups excluding carboxylic acids is 3. The molecule has 28 heavy (non-hydrogen) atoms. The second-order valence-electron chi connectivity index (χ2n) is 5.83. The molecule has 0 radical (unpaired) electrons. The van der Waals surface area contributed by atoms with E-state index in [-0.39, 0.29) is 17.2 Å². The number of benzene rings is 1. The molecule has 9 heteroatoms. The van der Waals surface area contributed by atoms with Gasteiger partial charge in [-0.15, -0.1) is 0 Å². The standard InChI is InChI=1S/C19H16F3N3O3/c1-11(9-17(27)24-15-6-3-13(4-7-15)12(2)26)18(28)25-16-8-5-14(10-23-16)19(20,21)22/h3-10H,1-2H3,(H,24,27)(H,23,25,28)/b11-9+.